The molecule has 27 heavy (non-hydrogen) atoms. The Bertz CT molecular complexity index is 943. The number of thiazole rings is 1. The van der Waals surface area contributed by atoms with E-state index in [9.17, 15) is 4.39 Å². The van der Waals surface area contributed by atoms with Gasteiger partial charge in [0, 0.05) is 41.3 Å². The molecule has 0 saturated heterocycles. The Labute approximate surface area is 161 Å². The molecule has 0 bridgehead atoms. The lowest BCUT2D eigenvalue weighted by atomic mass is 9.85. The molecule has 138 valence electrons. The molecule has 1 aromatic heterocycles. The van der Waals surface area contributed by atoms with Crippen molar-refractivity contribution in [3.63, 3.8) is 0 Å². The summed E-state index contributed by atoms with van der Waals surface area (Å²) < 4.78 is 13.2. The van der Waals surface area contributed by atoms with E-state index in [0.29, 0.717) is 16.8 Å². The molecule has 2 aromatic rings. The van der Waals surface area contributed by atoms with E-state index in [-0.39, 0.29) is 17.9 Å². The summed E-state index contributed by atoms with van der Waals surface area (Å²) in [7, 11) is 0. The normalized spacial score (nSPS) is 22.0. The molecule has 2 aliphatic rings. The smallest absolute Gasteiger partial charge is 0.141 e. The first-order valence-electron chi connectivity index (χ1n) is 8.71. The summed E-state index contributed by atoms with van der Waals surface area (Å²) >= 11 is 1.59. The number of nitrogens with one attached hydrogen (secondary N) is 2. The van der Waals surface area contributed by atoms with Crippen molar-refractivity contribution in [2.75, 3.05) is 0 Å². The Kier molecular flexibility index (Phi) is 4.53. The first kappa shape index (κ1) is 17.5. The van der Waals surface area contributed by atoms with Gasteiger partial charge in [0.1, 0.15) is 17.0 Å². The zero-order chi connectivity index (χ0) is 19.0. The van der Waals surface area contributed by atoms with Gasteiger partial charge in [0.25, 0.3) is 0 Å². The highest BCUT2D eigenvalue weighted by atomic mass is 32.1. The topological polar surface area (TPSA) is 78.0 Å². The zero-order valence-corrected chi connectivity index (χ0v) is 15.6. The fourth-order valence-corrected chi connectivity index (χ4v) is 4.19. The number of benzene rings is 1. The Balaban J connectivity index is 1.68. The fourth-order valence-electron chi connectivity index (χ4n) is 3.53. The molecule has 0 aliphatic carbocycles. The summed E-state index contributed by atoms with van der Waals surface area (Å²) in [6.07, 6.45) is 8.37. The van der Waals surface area contributed by atoms with E-state index < -0.39 is 0 Å². The van der Waals surface area contributed by atoms with Crippen LogP contribution in [0.2, 0.25) is 0 Å². The Morgan fingerprint density at radius 1 is 1.41 bits per heavy atom. The van der Waals surface area contributed by atoms with Gasteiger partial charge in [-0.15, -0.1) is 11.3 Å². The molecular formula is C20H20FN5S. The predicted molar refractivity (Wildman–Crippen MR) is 106 cm³/mol. The van der Waals surface area contributed by atoms with E-state index in [2.05, 4.69) is 28.3 Å². The lowest BCUT2D eigenvalue weighted by molar-refractivity contribution is 0.298. The number of allylic oxidation sites excluding steroid dienone is 2. The molecule has 5 nitrogen and oxygen atoms in total. The van der Waals surface area contributed by atoms with Crippen LogP contribution in [-0.4, -0.2) is 21.8 Å². The maximum Gasteiger partial charge on any atom is 0.141 e. The van der Waals surface area contributed by atoms with Gasteiger partial charge in [0.05, 0.1) is 11.4 Å². The summed E-state index contributed by atoms with van der Waals surface area (Å²) in [5.74, 6) is -0.0994. The number of aromatic nitrogens is 1. The standard InChI is InChI=1S/C20H20FN5S/c1-12-8-18-25-10-17(20-24-6-7-27-20)26(18)11-16(12)15(9-22)19(23)13-2-4-14(21)5-3-13/h2-7,9-12,18,23,25H,8,22H2,1H3/b15-9-,23-19?/t12-,18?/m1/s1. The third-order valence-corrected chi connectivity index (χ3v) is 5.74. The number of rotatable bonds is 4. The summed E-state index contributed by atoms with van der Waals surface area (Å²) in [5, 5.41) is 14.9. The lowest BCUT2D eigenvalue weighted by Gasteiger charge is -2.35. The van der Waals surface area contributed by atoms with Crippen molar-refractivity contribution < 1.29 is 4.39 Å². The second-order valence-corrected chi connectivity index (χ2v) is 7.53. The number of halogens is 1. The van der Waals surface area contributed by atoms with Crippen molar-refractivity contribution >= 4 is 22.7 Å². The summed E-state index contributed by atoms with van der Waals surface area (Å²) in [5.41, 5.74) is 9.53. The molecule has 2 atom stereocenters. The van der Waals surface area contributed by atoms with Crippen LogP contribution in [0.3, 0.4) is 0 Å². The second kappa shape index (κ2) is 7.00. The van der Waals surface area contributed by atoms with E-state index in [1.165, 1.54) is 18.3 Å². The summed E-state index contributed by atoms with van der Waals surface area (Å²) in [6, 6.07) is 5.94. The number of nitrogens with zero attached hydrogens (tertiary/aromatic N) is 2. The van der Waals surface area contributed by atoms with Crippen LogP contribution in [0, 0.1) is 17.1 Å². The Morgan fingerprint density at radius 3 is 2.85 bits per heavy atom. The van der Waals surface area contributed by atoms with Crippen molar-refractivity contribution in [2.45, 2.75) is 19.5 Å². The highest BCUT2D eigenvalue weighted by Crippen LogP contribution is 2.38. The van der Waals surface area contributed by atoms with Crippen LogP contribution in [0.25, 0.3) is 5.70 Å². The monoisotopic (exact) mass is 381 g/mol. The van der Waals surface area contributed by atoms with Gasteiger partial charge in [-0.3, -0.25) is 5.41 Å². The van der Waals surface area contributed by atoms with E-state index in [4.69, 9.17) is 11.1 Å². The molecule has 1 unspecified atom stereocenters. The van der Waals surface area contributed by atoms with Gasteiger partial charge in [-0.05, 0) is 42.2 Å². The van der Waals surface area contributed by atoms with Crippen LogP contribution in [0.15, 0.2) is 65.6 Å². The number of hydrogen-bond acceptors (Lipinski definition) is 6. The van der Waals surface area contributed by atoms with Crippen LogP contribution in [-0.2, 0) is 0 Å². The first-order valence-corrected chi connectivity index (χ1v) is 9.59. The first-order chi connectivity index (χ1) is 13.1. The van der Waals surface area contributed by atoms with Crippen LogP contribution in [0.5, 0.6) is 0 Å². The van der Waals surface area contributed by atoms with Crippen LogP contribution in [0.1, 0.15) is 23.9 Å². The van der Waals surface area contributed by atoms with Gasteiger partial charge in [-0.25, -0.2) is 9.37 Å². The zero-order valence-electron chi connectivity index (χ0n) is 14.8. The molecule has 4 rings (SSSR count). The molecule has 3 heterocycles. The largest absolute Gasteiger partial charge is 0.404 e. The molecule has 0 saturated carbocycles. The predicted octanol–water partition coefficient (Wildman–Crippen LogP) is 3.65. The number of nitrogens with two attached hydrogens (primary N) is 1. The minimum Gasteiger partial charge on any atom is -0.404 e. The average Bonchev–Trinajstić information content (AvgIpc) is 3.32. The number of fused-ring (bicyclic) bond motifs is 1. The van der Waals surface area contributed by atoms with Gasteiger partial charge in [0.2, 0.25) is 0 Å². The minimum atomic E-state index is -0.320. The van der Waals surface area contributed by atoms with Crippen molar-refractivity contribution in [1.82, 2.24) is 15.2 Å². The molecule has 7 heteroatoms. The number of hydrogen-bond donors (Lipinski definition) is 3. The van der Waals surface area contributed by atoms with E-state index in [1.54, 1.807) is 29.7 Å². The molecule has 1 aromatic carbocycles. The van der Waals surface area contributed by atoms with E-state index in [0.717, 1.165) is 22.7 Å². The molecule has 4 N–H and O–H groups in total. The van der Waals surface area contributed by atoms with E-state index >= 15 is 0 Å². The fraction of sp³-hybridized carbons (Fsp3) is 0.200. The quantitative estimate of drug-likeness (QED) is 0.707. The summed E-state index contributed by atoms with van der Waals surface area (Å²) in [4.78, 5) is 6.57. The van der Waals surface area contributed by atoms with Crippen molar-refractivity contribution in [2.24, 2.45) is 11.7 Å². The maximum absolute atomic E-state index is 13.2. The van der Waals surface area contributed by atoms with Crippen LogP contribution >= 0.6 is 11.3 Å². The molecule has 0 amide bonds. The lowest BCUT2D eigenvalue weighted by Crippen LogP contribution is -2.39. The Hall–Kier alpha value is -2.93. The third kappa shape index (κ3) is 3.14. The minimum absolute atomic E-state index is 0.168. The third-order valence-electron chi connectivity index (χ3n) is 4.94. The van der Waals surface area contributed by atoms with Gasteiger partial charge in [-0.2, -0.15) is 0 Å². The maximum atomic E-state index is 13.2. The molecule has 0 radical (unpaired) electrons. The summed E-state index contributed by atoms with van der Waals surface area (Å²) in [6.45, 7) is 2.13. The SMILES string of the molecule is C[C@@H]1CC2NC=C(c3nccs3)N2C=C1/C(=C/N)C(=N)c1ccc(F)cc1. The molecule has 0 fully saturated rings. The molecule has 0 spiro atoms. The van der Waals surface area contributed by atoms with Crippen LogP contribution < -0.4 is 11.1 Å². The van der Waals surface area contributed by atoms with Gasteiger partial charge in [0.15, 0.2) is 0 Å². The molecular weight excluding hydrogens is 361 g/mol. The highest BCUT2D eigenvalue weighted by molar-refractivity contribution is 7.10. The van der Waals surface area contributed by atoms with Crippen molar-refractivity contribution in [3.8, 4) is 0 Å². The average molecular weight is 381 g/mol. The molecule has 2 aliphatic heterocycles. The van der Waals surface area contributed by atoms with Crippen molar-refractivity contribution in [1.29, 1.82) is 5.41 Å². The van der Waals surface area contributed by atoms with E-state index in [1.807, 2.05) is 11.6 Å². The van der Waals surface area contributed by atoms with Gasteiger partial charge < -0.3 is 16.0 Å². The van der Waals surface area contributed by atoms with Gasteiger partial charge >= 0.3 is 0 Å². The van der Waals surface area contributed by atoms with Crippen LogP contribution in [0.4, 0.5) is 4.39 Å². The highest BCUT2D eigenvalue weighted by Gasteiger charge is 2.34. The Morgan fingerprint density at radius 2 is 2.19 bits per heavy atom. The van der Waals surface area contributed by atoms with Gasteiger partial charge in [-0.1, -0.05) is 6.92 Å². The second-order valence-electron chi connectivity index (χ2n) is 6.64. The van der Waals surface area contributed by atoms with Crippen molar-refractivity contribution in [3.05, 3.63) is 82.0 Å².